The highest BCUT2D eigenvalue weighted by molar-refractivity contribution is 5.25. The van der Waals surface area contributed by atoms with E-state index in [1.807, 2.05) is 11.7 Å². The lowest BCUT2D eigenvalue weighted by molar-refractivity contribution is 0.705. The molecule has 1 heterocycles. The molecule has 1 atom stereocenters. The van der Waals surface area contributed by atoms with Crippen LogP contribution in [0, 0.1) is 19.8 Å². The lowest BCUT2D eigenvalue weighted by atomic mass is 9.99. The Morgan fingerprint density at radius 3 is 2.53 bits per heavy atom. The second kappa shape index (κ2) is 5.15. The van der Waals surface area contributed by atoms with Gasteiger partial charge in [0.1, 0.15) is 0 Å². The fourth-order valence-corrected chi connectivity index (χ4v) is 1.87. The fraction of sp³-hybridized carbons (Fsp3) is 0.615. The summed E-state index contributed by atoms with van der Waals surface area (Å²) in [5.74, 6) is 0.603. The van der Waals surface area contributed by atoms with Gasteiger partial charge < -0.3 is 0 Å². The van der Waals surface area contributed by atoms with Gasteiger partial charge in [0.2, 0.25) is 0 Å². The Labute approximate surface area is 93.0 Å². The van der Waals surface area contributed by atoms with Gasteiger partial charge in [-0.2, -0.15) is 5.10 Å². The molecule has 0 aliphatic rings. The Morgan fingerprint density at radius 1 is 1.40 bits per heavy atom. The number of hydrogen-bond donors (Lipinski definition) is 0. The topological polar surface area (TPSA) is 17.8 Å². The number of hydrogen-bond acceptors (Lipinski definition) is 1. The van der Waals surface area contributed by atoms with Crippen LogP contribution in [0.1, 0.15) is 37.2 Å². The monoisotopic (exact) mass is 206 g/mol. The van der Waals surface area contributed by atoms with Crippen molar-refractivity contribution in [3.8, 4) is 0 Å². The van der Waals surface area contributed by atoms with Gasteiger partial charge in [-0.1, -0.05) is 26.0 Å². The Balaban J connectivity index is 2.76. The van der Waals surface area contributed by atoms with Crippen molar-refractivity contribution >= 4 is 0 Å². The minimum absolute atomic E-state index is 0.603. The molecule has 0 amide bonds. The van der Waals surface area contributed by atoms with E-state index in [-0.39, 0.29) is 0 Å². The molecule has 0 N–H and O–H groups in total. The van der Waals surface area contributed by atoms with Crippen LogP contribution in [0.4, 0.5) is 0 Å². The minimum atomic E-state index is 0.603. The molecule has 15 heavy (non-hydrogen) atoms. The second-order valence-corrected chi connectivity index (χ2v) is 4.29. The van der Waals surface area contributed by atoms with E-state index in [1.165, 1.54) is 17.0 Å². The standard InChI is InChI=1S/C13H22N2/c1-6-7-8-10(2)9-13-11(3)14-15(5)12(13)4/h7-8,10H,6,9H2,1-5H3/b8-7-. The molecule has 0 saturated heterocycles. The molecule has 2 heteroatoms. The van der Waals surface area contributed by atoms with E-state index in [9.17, 15) is 0 Å². The highest BCUT2D eigenvalue weighted by atomic mass is 15.3. The molecule has 84 valence electrons. The molecular weight excluding hydrogens is 184 g/mol. The van der Waals surface area contributed by atoms with Crippen LogP contribution in [-0.4, -0.2) is 9.78 Å². The SMILES string of the molecule is CC/C=C\C(C)Cc1c(C)nn(C)c1C. The molecule has 0 fully saturated rings. The first-order chi connectivity index (χ1) is 7.06. The van der Waals surface area contributed by atoms with Crippen LogP contribution in [-0.2, 0) is 13.5 Å². The van der Waals surface area contributed by atoms with Crippen LogP contribution in [0.2, 0.25) is 0 Å². The summed E-state index contributed by atoms with van der Waals surface area (Å²) in [6, 6.07) is 0. The van der Waals surface area contributed by atoms with E-state index in [2.05, 4.69) is 44.9 Å². The summed E-state index contributed by atoms with van der Waals surface area (Å²) in [6.45, 7) is 8.67. The highest BCUT2D eigenvalue weighted by Gasteiger charge is 2.10. The smallest absolute Gasteiger partial charge is 0.0628 e. The molecule has 1 aromatic heterocycles. The summed E-state index contributed by atoms with van der Waals surface area (Å²) >= 11 is 0. The second-order valence-electron chi connectivity index (χ2n) is 4.29. The third kappa shape index (κ3) is 2.95. The van der Waals surface area contributed by atoms with Crippen molar-refractivity contribution in [3.05, 3.63) is 29.1 Å². The summed E-state index contributed by atoms with van der Waals surface area (Å²) in [7, 11) is 2.01. The van der Waals surface area contributed by atoms with Gasteiger partial charge >= 0.3 is 0 Å². The van der Waals surface area contributed by atoms with E-state index in [0.29, 0.717) is 5.92 Å². The van der Waals surface area contributed by atoms with Crippen LogP contribution in [0.15, 0.2) is 12.2 Å². The summed E-state index contributed by atoms with van der Waals surface area (Å²) in [5, 5.41) is 4.44. The zero-order chi connectivity index (χ0) is 11.4. The van der Waals surface area contributed by atoms with Gasteiger partial charge in [0.25, 0.3) is 0 Å². The van der Waals surface area contributed by atoms with E-state index >= 15 is 0 Å². The number of aromatic nitrogens is 2. The molecule has 0 radical (unpaired) electrons. The Morgan fingerprint density at radius 2 is 2.07 bits per heavy atom. The maximum Gasteiger partial charge on any atom is 0.0628 e. The van der Waals surface area contributed by atoms with Crippen molar-refractivity contribution in [2.24, 2.45) is 13.0 Å². The van der Waals surface area contributed by atoms with Crippen molar-refractivity contribution in [2.75, 3.05) is 0 Å². The number of rotatable bonds is 4. The normalized spacial score (nSPS) is 13.7. The molecule has 0 aromatic carbocycles. The number of nitrogens with zero attached hydrogens (tertiary/aromatic N) is 2. The van der Waals surface area contributed by atoms with E-state index < -0.39 is 0 Å². The van der Waals surface area contributed by atoms with Gasteiger partial charge in [0.15, 0.2) is 0 Å². The first-order valence-corrected chi connectivity index (χ1v) is 5.72. The van der Waals surface area contributed by atoms with Gasteiger partial charge in [-0.15, -0.1) is 0 Å². The third-order valence-corrected chi connectivity index (χ3v) is 2.89. The Hall–Kier alpha value is -1.05. The maximum atomic E-state index is 4.44. The zero-order valence-corrected chi connectivity index (χ0v) is 10.5. The maximum absolute atomic E-state index is 4.44. The largest absolute Gasteiger partial charge is 0.272 e. The molecule has 0 spiro atoms. The average molecular weight is 206 g/mol. The molecule has 2 nitrogen and oxygen atoms in total. The van der Waals surface area contributed by atoms with Crippen LogP contribution >= 0.6 is 0 Å². The van der Waals surface area contributed by atoms with Crippen LogP contribution in [0.5, 0.6) is 0 Å². The predicted octanol–water partition coefficient (Wildman–Crippen LogP) is 3.18. The molecule has 0 bridgehead atoms. The summed E-state index contributed by atoms with van der Waals surface area (Å²) in [5.41, 5.74) is 3.88. The summed E-state index contributed by atoms with van der Waals surface area (Å²) in [6.07, 6.45) is 6.76. The van der Waals surface area contributed by atoms with Crippen molar-refractivity contribution in [1.82, 2.24) is 9.78 Å². The van der Waals surface area contributed by atoms with Crippen LogP contribution < -0.4 is 0 Å². The quantitative estimate of drug-likeness (QED) is 0.692. The molecule has 0 aliphatic heterocycles. The molecule has 0 aliphatic carbocycles. The molecule has 1 aromatic rings. The van der Waals surface area contributed by atoms with Crippen molar-refractivity contribution < 1.29 is 0 Å². The molecule has 0 saturated carbocycles. The van der Waals surface area contributed by atoms with E-state index in [4.69, 9.17) is 0 Å². The first-order valence-electron chi connectivity index (χ1n) is 5.72. The zero-order valence-electron chi connectivity index (χ0n) is 10.5. The van der Waals surface area contributed by atoms with Crippen LogP contribution in [0.25, 0.3) is 0 Å². The van der Waals surface area contributed by atoms with E-state index in [0.717, 1.165) is 12.8 Å². The van der Waals surface area contributed by atoms with Crippen molar-refractivity contribution in [3.63, 3.8) is 0 Å². The first kappa shape index (κ1) is 12.0. The van der Waals surface area contributed by atoms with Gasteiger partial charge in [-0.05, 0) is 38.2 Å². The Kier molecular flexibility index (Phi) is 4.13. The minimum Gasteiger partial charge on any atom is -0.272 e. The summed E-state index contributed by atoms with van der Waals surface area (Å²) < 4.78 is 1.97. The van der Waals surface area contributed by atoms with Gasteiger partial charge in [-0.3, -0.25) is 4.68 Å². The molecule has 1 unspecified atom stereocenters. The predicted molar refractivity (Wildman–Crippen MR) is 65.0 cm³/mol. The molecular formula is C13H22N2. The summed E-state index contributed by atoms with van der Waals surface area (Å²) in [4.78, 5) is 0. The van der Waals surface area contributed by atoms with Gasteiger partial charge in [0, 0.05) is 12.7 Å². The number of allylic oxidation sites excluding steroid dienone is 2. The lowest BCUT2D eigenvalue weighted by Crippen LogP contribution is -1.99. The highest BCUT2D eigenvalue weighted by Crippen LogP contribution is 2.17. The molecule has 1 rings (SSSR count). The fourth-order valence-electron chi connectivity index (χ4n) is 1.87. The third-order valence-electron chi connectivity index (χ3n) is 2.89. The van der Waals surface area contributed by atoms with E-state index in [1.54, 1.807) is 0 Å². The number of aryl methyl sites for hydroxylation is 2. The Bertz CT molecular complexity index is 348. The van der Waals surface area contributed by atoms with Gasteiger partial charge in [0.05, 0.1) is 5.69 Å². The van der Waals surface area contributed by atoms with Crippen molar-refractivity contribution in [2.45, 2.75) is 40.5 Å². The van der Waals surface area contributed by atoms with Gasteiger partial charge in [-0.25, -0.2) is 0 Å². The van der Waals surface area contributed by atoms with Crippen molar-refractivity contribution in [1.29, 1.82) is 0 Å². The average Bonchev–Trinajstić information content (AvgIpc) is 2.42. The van der Waals surface area contributed by atoms with Crippen LogP contribution in [0.3, 0.4) is 0 Å². The lowest BCUT2D eigenvalue weighted by Gasteiger charge is -2.06.